The topological polar surface area (TPSA) is 58.6 Å². The lowest BCUT2D eigenvalue weighted by Gasteiger charge is -2.17. The van der Waals surface area contributed by atoms with Gasteiger partial charge >= 0.3 is 0 Å². The number of nitrogens with zero attached hydrogens (tertiary/aromatic N) is 1. The fourth-order valence-electron chi connectivity index (χ4n) is 2.29. The van der Waals surface area contributed by atoms with Gasteiger partial charge in [-0.15, -0.1) is 0 Å². The van der Waals surface area contributed by atoms with Crippen LogP contribution in [-0.4, -0.2) is 56.0 Å². The molecule has 1 aliphatic rings. The van der Waals surface area contributed by atoms with Crippen molar-refractivity contribution in [3.63, 3.8) is 0 Å². The summed E-state index contributed by atoms with van der Waals surface area (Å²) < 4.78 is 5.31. The molecule has 0 bridgehead atoms. The first-order valence-corrected chi connectivity index (χ1v) is 6.23. The molecular weight excluding hydrogens is 244 g/mol. The normalized spacial score (nSPS) is 23.3. The Kier molecular flexibility index (Phi) is 4.29. The van der Waals surface area contributed by atoms with Crippen LogP contribution < -0.4 is 5.32 Å². The zero-order chi connectivity index (χ0) is 13.8. The Morgan fingerprint density at radius 3 is 2.58 bits per heavy atom. The summed E-state index contributed by atoms with van der Waals surface area (Å²) >= 11 is 0. The first kappa shape index (κ1) is 13.7. The Morgan fingerprint density at radius 2 is 1.95 bits per heavy atom. The van der Waals surface area contributed by atoms with Crippen molar-refractivity contribution in [3.05, 3.63) is 35.9 Å². The molecule has 1 heterocycles. The number of carbonyl (C=O) groups excluding carboxylic acids is 2. The number of carbonyl (C=O) groups is 2. The van der Waals surface area contributed by atoms with Crippen LogP contribution in [0.3, 0.4) is 0 Å². The Balaban J connectivity index is 1.99. The monoisotopic (exact) mass is 262 g/mol. The number of nitrogens with one attached hydrogen (secondary N) is 1. The molecule has 1 saturated heterocycles. The van der Waals surface area contributed by atoms with Gasteiger partial charge in [-0.2, -0.15) is 0 Å². The van der Waals surface area contributed by atoms with E-state index in [9.17, 15) is 9.59 Å². The van der Waals surface area contributed by atoms with E-state index in [1.165, 1.54) is 0 Å². The van der Waals surface area contributed by atoms with Crippen LogP contribution in [0.1, 0.15) is 10.4 Å². The summed E-state index contributed by atoms with van der Waals surface area (Å²) in [6.07, 6.45) is -0.0717. The van der Waals surface area contributed by atoms with Crippen molar-refractivity contribution >= 4 is 11.7 Å². The van der Waals surface area contributed by atoms with Gasteiger partial charge in [-0.25, -0.2) is 0 Å². The lowest BCUT2D eigenvalue weighted by atomic mass is 10.1. The van der Waals surface area contributed by atoms with Crippen LogP contribution in [0.15, 0.2) is 30.3 Å². The maximum Gasteiger partial charge on any atom is 0.292 e. The molecule has 1 aliphatic heterocycles. The van der Waals surface area contributed by atoms with Crippen LogP contribution in [0.25, 0.3) is 0 Å². The number of likely N-dealkylation sites (tertiary alicyclic amines) is 1. The second-order valence-electron chi connectivity index (χ2n) is 4.77. The highest BCUT2D eigenvalue weighted by molar-refractivity contribution is 6.42. The Hall–Kier alpha value is -1.72. The van der Waals surface area contributed by atoms with Gasteiger partial charge in [0.25, 0.3) is 5.91 Å². The number of hydrogen-bond donors (Lipinski definition) is 1. The Bertz CT molecular complexity index is 461. The highest BCUT2D eigenvalue weighted by Gasteiger charge is 2.33. The minimum atomic E-state index is -0.575. The average Bonchev–Trinajstić information content (AvgIpc) is 2.78. The SMILES string of the molecule is CO[C@H]1CN(C)C[C@@H]1NC(=O)C(=O)c1ccccc1. The van der Waals surface area contributed by atoms with Gasteiger partial charge in [0.05, 0.1) is 12.1 Å². The second kappa shape index (κ2) is 5.95. The Morgan fingerprint density at radius 1 is 1.26 bits per heavy atom. The first-order valence-electron chi connectivity index (χ1n) is 6.23. The number of hydrogen-bond acceptors (Lipinski definition) is 4. The van der Waals surface area contributed by atoms with Crippen LogP contribution in [0.4, 0.5) is 0 Å². The highest BCUT2D eigenvalue weighted by atomic mass is 16.5. The minimum absolute atomic E-state index is 0.0717. The number of ketones is 1. The maximum absolute atomic E-state index is 11.9. The predicted octanol–water partition coefficient (Wildman–Crippen LogP) is 0.315. The van der Waals surface area contributed by atoms with Gasteiger partial charge in [-0.1, -0.05) is 30.3 Å². The zero-order valence-electron chi connectivity index (χ0n) is 11.1. The number of methoxy groups -OCH3 is 1. The summed E-state index contributed by atoms with van der Waals surface area (Å²) in [5, 5.41) is 2.75. The van der Waals surface area contributed by atoms with Crippen molar-refractivity contribution in [2.45, 2.75) is 12.1 Å². The third kappa shape index (κ3) is 3.19. The largest absolute Gasteiger partial charge is 0.378 e. The molecule has 1 aromatic rings. The van der Waals surface area contributed by atoms with Crippen LogP contribution in [-0.2, 0) is 9.53 Å². The number of ether oxygens (including phenoxy) is 1. The number of likely N-dealkylation sites (N-methyl/N-ethyl adjacent to an activating group) is 1. The van der Waals surface area contributed by atoms with E-state index in [0.717, 1.165) is 6.54 Å². The molecule has 1 N–H and O–H groups in total. The fourth-order valence-corrected chi connectivity index (χ4v) is 2.29. The quantitative estimate of drug-likeness (QED) is 0.627. The van der Waals surface area contributed by atoms with Crippen molar-refractivity contribution in [2.75, 3.05) is 27.2 Å². The van der Waals surface area contributed by atoms with E-state index < -0.39 is 11.7 Å². The molecule has 0 aromatic heterocycles. The van der Waals surface area contributed by atoms with E-state index in [2.05, 4.69) is 10.2 Å². The minimum Gasteiger partial charge on any atom is -0.378 e. The third-order valence-corrected chi connectivity index (χ3v) is 3.31. The van der Waals surface area contributed by atoms with Gasteiger partial charge in [0, 0.05) is 25.8 Å². The molecule has 2 atom stereocenters. The van der Waals surface area contributed by atoms with Crippen LogP contribution >= 0.6 is 0 Å². The van der Waals surface area contributed by atoms with Gasteiger partial charge in [0.2, 0.25) is 5.78 Å². The molecule has 102 valence electrons. The molecule has 1 aromatic carbocycles. The summed E-state index contributed by atoms with van der Waals surface area (Å²) in [6, 6.07) is 8.41. The van der Waals surface area contributed by atoms with Crippen molar-refractivity contribution in [1.29, 1.82) is 0 Å². The summed E-state index contributed by atoms with van der Waals surface area (Å²) in [7, 11) is 3.57. The van der Waals surface area contributed by atoms with Crippen molar-refractivity contribution in [2.24, 2.45) is 0 Å². The van der Waals surface area contributed by atoms with Crippen molar-refractivity contribution < 1.29 is 14.3 Å². The molecule has 0 spiro atoms. The van der Waals surface area contributed by atoms with Gasteiger partial charge in [0.15, 0.2) is 0 Å². The second-order valence-corrected chi connectivity index (χ2v) is 4.77. The molecule has 0 radical (unpaired) electrons. The van der Waals surface area contributed by atoms with E-state index in [1.807, 2.05) is 13.1 Å². The van der Waals surface area contributed by atoms with E-state index in [4.69, 9.17) is 4.74 Å². The maximum atomic E-state index is 11.9. The fraction of sp³-hybridized carbons (Fsp3) is 0.429. The lowest BCUT2D eigenvalue weighted by Crippen LogP contribution is -2.46. The van der Waals surface area contributed by atoms with Crippen LogP contribution in [0, 0.1) is 0 Å². The molecule has 0 unspecified atom stereocenters. The lowest BCUT2D eigenvalue weighted by molar-refractivity contribution is -0.118. The van der Waals surface area contributed by atoms with Gasteiger partial charge in [0.1, 0.15) is 0 Å². The number of rotatable bonds is 4. The number of benzene rings is 1. The molecule has 19 heavy (non-hydrogen) atoms. The highest BCUT2D eigenvalue weighted by Crippen LogP contribution is 2.11. The zero-order valence-corrected chi connectivity index (χ0v) is 11.1. The van der Waals surface area contributed by atoms with Crippen LogP contribution in [0.2, 0.25) is 0 Å². The molecule has 5 heteroatoms. The van der Waals surface area contributed by atoms with Crippen molar-refractivity contribution in [1.82, 2.24) is 10.2 Å². The molecular formula is C14H18N2O3. The summed E-state index contributed by atoms with van der Waals surface area (Å²) in [6.45, 7) is 1.44. The van der Waals surface area contributed by atoms with E-state index in [1.54, 1.807) is 31.4 Å². The molecule has 0 saturated carbocycles. The average molecular weight is 262 g/mol. The standard InChI is InChI=1S/C14H18N2O3/c1-16-8-11(12(9-16)19-2)15-14(18)13(17)10-6-4-3-5-7-10/h3-7,11-12H,8-9H2,1-2H3,(H,15,18)/t11-,12-/m0/s1. The summed E-state index contributed by atoms with van der Waals surface area (Å²) in [4.78, 5) is 25.9. The van der Waals surface area contributed by atoms with Gasteiger partial charge < -0.3 is 15.0 Å². The summed E-state index contributed by atoms with van der Waals surface area (Å²) in [5.41, 5.74) is 0.403. The van der Waals surface area contributed by atoms with Gasteiger partial charge in [-0.3, -0.25) is 9.59 Å². The first-order chi connectivity index (χ1) is 9.11. The molecule has 2 rings (SSSR count). The van der Waals surface area contributed by atoms with E-state index >= 15 is 0 Å². The van der Waals surface area contributed by atoms with Gasteiger partial charge in [-0.05, 0) is 7.05 Å². The number of amides is 1. The molecule has 0 aliphatic carbocycles. The Labute approximate surface area is 112 Å². The molecule has 1 amide bonds. The molecule has 1 fully saturated rings. The van der Waals surface area contributed by atoms with Crippen molar-refractivity contribution in [3.8, 4) is 0 Å². The summed E-state index contributed by atoms with van der Waals surface area (Å²) in [5.74, 6) is -1.08. The smallest absolute Gasteiger partial charge is 0.292 e. The predicted molar refractivity (Wildman–Crippen MR) is 71.0 cm³/mol. The van der Waals surface area contributed by atoms with E-state index in [0.29, 0.717) is 12.1 Å². The van der Waals surface area contributed by atoms with Crippen LogP contribution in [0.5, 0.6) is 0 Å². The van der Waals surface area contributed by atoms with E-state index in [-0.39, 0.29) is 12.1 Å². The number of Topliss-reactive ketones (excluding diaryl/α,β-unsaturated/α-hetero) is 1. The molecule has 5 nitrogen and oxygen atoms in total. The third-order valence-electron chi connectivity index (χ3n) is 3.31.